The fraction of sp³-hybridized carbons (Fsp3) is 0.643. The number of pyridine rings is 1. The van der Waals surface area contributed by atoms with Gasteiger partial charge < -0.3 is 11.1 Å². The fourth-order valence-electron chi connectivity index (χ4n) is 2.59. The van der Waals surface area contributed by atoms with Gasteiger partial charge in [0.15, 0.2) is 0 Å². The van der Waals surface area contributed by atoms with Gasteiger partial charge in [0.05, 0.1) is 16.4 Å². The third-order valence-electron chi connectivity index (χ3n) is 4.05. The van der Waals surface area contributed by atoms with Crippen molar-refractivity contribution in [2.75, 3.05) is 17.6 Å². The van der Waals surface area contributed by atoms with Crippen LogP contribution in [0.3, 0.4) is 0 Å². The van der Waals surface area contributed by atoms with Crippen molar-refractivity contribution in [2.24, 2.45) is 5.41 Å². The zero-order valence-electron chi connectivity index (χ0n) is 11.2. The lowest BCUT2D eigenvalue weighted by Gasteiger charge is -2.34. The first-order valence-electron chi connectivity index (χ1n) is 6.66. The smallest absolute Gasteiger partial charge is 0.140 e. The topological polar surface area (TPSA) is 50.9 Å². The summed E-state index contributed by atoms with van der Waals surface area (Å²) in [6.07, 6.45) is 8.45. The number of anilines is 2. The molecule has 0 spiro atoms. The van der Waals surface area contributed by atoms with Crippen LogP contribution < -0.4 is 11.1 Å². The van der Waals surface area contributed by atoms with E-state index < -0.39 is 0 Å². The molecule has 3 nitrogen and oxygen atoms in total. The van der Waals surface area contributed by atoms with Gasteiger partial charge in [-0.2, -0.15) is 0 Å². The van der Waals surface area contributed by atoms with E-state index in [1.807, 2.05) is 6.92 Å². The second kappa shape index (κ2) is 5.47. The van der Waals surface area contributed by atoms with E-state index in [9.17, 15) is 0 Å². The molecule has 18 heavy (non-hydrogen) atoms. The van der Waals surface area contributed by atoms with Crippen molar-refractivity contribution in [3.05, 3.63) is 16.2 Å². The summed E-state index contributed by atoms with van der Waals surface area (Å²) < 4.78 is 0.988. The van der Waals surface area contributed by atoms with Gasteiger partial charge in [0.25, 0.3) is 0 Å². The molecular formula is C14H22BrN3. The molecule has 0 saturated heterocycles. The predicted molar refractivity (Wildman–Crippen MR) is 80.8 cm³/mol. The molecule has 0 radical (unpaired) electrons. The van der Waals surface area contributed by atoms with E-state index >= 15 is 0 Å². The first-order chi connectivity index (χ1) is 8.52. The Bertz CT molecular complexity index is 425. The largest absolute Gasteiger partial charge is 0.397 e. The highest BCUT2D eigenvalue weighted by molar-refractivity contribution is 9.10. The van der Waals surface area contributed by atoms with Crippen molar-refractivity contribution in [2.45, 2.75) is 46.0 Å². The summed E-state index contributed by atoms with van der Waals surface area (Å²) >= 11 is 3.57. The second-order valence-electron chi connectivity index (χ2n) is 5.73. The van der Waals surface area contributed by atoms with Crippen LogP contribution in [0.25, 0.3) is 0 Å². The van der Waals surface area contributed by atoms with Gasteiger partial charge >= 0.3 is 0 Å². The quantitative estimate of drug-likeness (QED) is 0.883. The van der Waals surface area contributed by atoms with E-state index in [1.54, 1.807) is 6.20 Å². The van der Waals surface area contributed by atoms with Crippen LogP contribution in [0.1, 0.15) is 44.6 Å². The van der Waals surface area contributed by atoms with Gasteiger partial charge in [0.2, 0.25) is 0 Å². The molecule has 1 aliphatic carbocycles. The van der Waals surface area contributed by atoms with E-state index in [4.69, 9.17) is 5.73 Å². The van der Waals surface area contributed by atoms with E-state index in [2.05, 4.69) is 33.2 Å². The molecule has 0 amide bonds. The van der Waals surface area contributed by atoms with Crippen molar-refractivity contribution >= 4 is 27.4 Å². The van der Waals surface area contributed by atoms with Gasteiger partial charge in [-0.1, -0.05) is 26.2 Å². The number of nitrogens with two attached hydrogens (primary N) is 1. The van der Waals surface area contributed by atoms with Crippen LogP contribution in [-0.4, -0.2) is 11.5 Å². The molecule has 1 saturated carbocycles. The molecule has 4 heteroatoms. The minimum absolute atomic E-state index is 0.411. The summed E-state index contributed by atoms with van der Waals surface area (Å²) in [5.74, 6) is 0.911. The number of hydrogen-bond acceptors (Lipinski definition) is 3. The van der Waals surface area contributed by atoms with E-state index in [-0.39, 0.29) is 0 Å². The lowest BCUT2D eigenvalue weighted by Crippen LogP contribution is -2.29. The molecule has 1 aromatic heterocycles. The molecule has 1 fully saturated rings. The van der Waals surface area contributed by atoms with Crippen molar-refractivity contribution in [3.8, 4) is 0 Å². The highest BCUT2D eigenvalue weighted by Crippen LogP contribution is 2.36. The molecule has 0 atom stereocenters. The lowest BCUT2D eigenvalue weighted by atomic mass is 9.76. The third kappa shape index (κ3) is 2.97. The molecule has 100 valence electrons. The summed E-state index contributed by atoms with van der Waals surface area (Å²) in [5, 5.41) is 3.48. The number of hydrogen-bond donors (Lipinski definition) is 2. The van der Waals surface area contributed by atoms with Gasteiger partial charge in [-0.3, -0.25) is 0 Å². The number of aromatic nitrogens is 1. The van der Waals surface area contributed by atoms with Crippen molar-refractivity contribution in [3.63, 3.8) is 0 Å². The fourth-order valence-corrected chi connectivity index (χ4v) is 3.07. The molecular weight excluding hydrogens is 290 g/mol. The van der Waals surface area contributed by atoms with Crippen molar-refractivity contribution in [1.29, 1.82) is 0 Å². The number of nitrogens with zero attached hydrogens (tertiary/aromatic N) is 1. The van der Waals surface area contributed by atoms with Crippen LogP contribution in [0.5, 0.6) is 0 Å². The van der Waals surface area contributed by atoms with Crippen LogP contribution in [0, 0.1) is 12.3 Å². The van der Waals surface area contributed by atoms with Crippen LogP contribution in [0.15, 0.2) is 10.7 Å². The minimum Gasteiger partial charge on any atom is -0.397 e. The molecule has 0 unspecified atom stereocenters. The number of rotatable bonds is 3. The van der Waals surface area contributed by atoms with E-state index in [1.165, 1.54) is 32.1 Å². The summed E-state index contributed by atoms with van der Waals surface area (Å²) in [6.45, 7) is 5.37. The van der Waals surface area contributed by atoms with Gasteiger partial charge in [0, 0.05) is 6.54 Å². The maximum atomic E-state index is 5.83. The van der Waals surface area contributed by atoms with Crippen LogP contribution >= 0.6 is 15.9 Å². The Hall–Kier alpha value is -0.770. The summed E-state index contributed by atoms with van der Waals surface area (Å²) in [7, 11) is 0. The Balaban J connectivity index is 2.04. The van der Waals surface area contributed by atoms with Crippen molar-refractivity contribution < 1.29 is 0 Å². The molecule has 1 heterocycles. The summed E-state index contributed by atoms with van der Waals surface area (Å²) in [4.78, 5) is 4.37. The summed E-state index contributed by atoms with van der Waals surface area (Å²) in [5.41, 5.74) is 8.04. The summed E-state index contributed by atoms with van der Waals surface area (Å²) in [6, 6.07) is 0. The standard InChI is InChI=1S/C14H22BrN3/c1-10-11(16)8-17-13(12(10)15)18-9-14(2)6-4-3-5-7-14/h8H,3-7,9,16H2,1-2H3,(H,17,18). The Morgan fingerprint density at radius 2 is 2.06 bits per heavy atom. The molecule has 0 aliphatic heterocycles. The predicted octanol–water partition coefficient (Wildman–Crippen LogP) is 4.12. The minimum atomic E-state index is 0.411. The first kappa shape index (κ1) is 13.7. The average molecular weight is 312 g/mol. The zero-order valence-corrected chi connectivity index (χ0v) is 12.8. The van der Waals surface area contributed by atoms with Gasteiger partial charge in [-0.25, -0.2) is 4.98 Å². The molecule has 2 rings (SSSR count). The normalized spacial score (nSPS) is 18.6. The lowest BCUT2D eigenvalue weighted by molar-refractivity contribution is 0.233. The van der Waals surface area contributed by atoms with Gasteiger partial charge in [-0.15, -0.1) is 0 Å². The maximum absolute atomic E-state index is 5.83. The Morgan fingerprint density at radius 1 is 1.39 bits per heavy atom. The molecule has 0 bridgehead atoms. The van der Waals surface area contributed by atoms with Crippen LogP contribution in [0.4, 0.5) is 11.5 Å². The Labute approximate surface area is 118 Å². The van der Waals surface area contributed by atoms with Crippen LogP contribution in [0.2, 0.25) is 0 Å². The van der Waals surface area contributed by atoms with E-state index in [0.29, 0.717) is 5.41 Å². The number of halogens is 1. The van der Waals surface area contributed by atoms with Gasteiger partial charge in [0.1, 0.15) is 5.82 Å². The first-order valence-corrected chi connectivity index (χ1v) is 7.46. The van der Waals surface area contributed by atoms with Crippen LogP contribution in [-0.2, 0) is 0 Å². The van der Waals surface area contributed by atoms with Gasteiger partial charge in [-0.05, 0) is 46.7 Å². The van der Waals surface area contributed by atoms with E-state index in [0.717, 1.165) is 28.1 Å². The molecule has 1 aromatic rings. The average Bonchev–Trinajstić information content (AvgIpc) is 2.36. The Kier molecular flexibility index (Phi) is 4.15. The SMILES string of the molecule is Cc1c(N)cnc(NCC2(C)CCCCC2)c1Br. The molecule has 3 N–H and O–H groups in total. The third-order valence-corrected chi connectivity index (χ3v) is 5.02. The molecule has 0 aromatic carbocycles. The molecule has 1 aliphatic rings. The maximum Gasteiger partial charge on any atom is 0.140 e. The highest BCUT2D eigenvalue weighted by Gasteiger charge is 2.26. The number of nitrogens with one attached hydrogen (secondary N) is 1. The highest BCUT2D eigenvalue weighted by atomic mass is 79.9. The second-order valence-corrected chi connectivity index (χ2v) is 6.52. The number of nitrogen functional groups attached to an aromatic ring is 1. The van der Waals surface area contributed by atoms with Crippen molar-refractivity contribution in [1.82, 2.24) is 4.98 Å². The Morgan fingerprint density at radius 3 is 2.72 bits per heavy atom. The monoisotopic (exact) mass is 311 g/mol. The zero-order chi connectivity index (χ0) is 13.2.